The van der Waals surface area contributed by atoms with Gasteiger partial charge in [-0.15, -0.1) is 0 Å². The largest absolute Gasteiger partial charge is 0.308 e. The van der Waals surface area contributed by atoms with E-state index in [0.29, 0.717) is 140 Å². The molecule has 13 nitrogen and oxygen atoms in total. The topological polar surface area (TPSA) is 172 Å². The first kappa shape index (κ1) is 49.9. The predicted molar refractivity (Wildman–Crippen MR) is 316 cm³/mol. The van der Waals surface area contributed by atoms with Crippen molar-refractivity contribution in [2.75, 3.05) is 0 Å². The van der Waals surface area contributed by atoms with Crippen molar-refractivity contribution in [1.82, 2.24) is 19.1 Å². The van der Waals surface area contributed by atoms with Crippen LogP contribution in [0.3, 0.4) is 0 Å². The molecule has 82 heavy (non-hydrogen) atoms. The van der Waals surface area contributed by atoms with Gasteiger partial charge < -0.3 is 9.13 Å². The number of aromatic nitrogens is 4. The van der Waals surface area contributed by atoms with Crippen molar-refractivity contribution >= 4 is 66.4 Å². The van der Waals surface area contributed by atoms with Crippen molar-refractivity contribution in [3.05, 3.63) is 249 Å². The molecule has 0 aliphatic heterocycles. The van der Waals surface area contributed by atoms with Crippen molar-refractivity contribution in [3.8, 4) is 97.6 Å². The van der Waals surface area contributed by atoms with E-state index in [4.69, 9.17) is 36.3 Å². The molecule has 0 amide bonds. The van der Waals surface area contributed by atoms with Crippen LogP contribution in [0, 0.1) is 96.8 Å². The van der Waals surface area contributed by atoms with Crippen LogP contribution in [-0.2, 0) is 0 Å². The van der Waals surface area contributed by atoms with E-state index in [2.05, 4.69) is 58.9 Å². The monoisotopic (exact) mass is 1040 g/mol. The third kappa shape index (κ3) is 8.19. The maximum atomic E-state index is 11.4. The number of rotatable bonds is 7. The van der Waals surface area contributed by atoms with Crippen LogP contribution in [0.15, 0.2) is 164 Å². The fourth-order valence-corrected chi connectivity index (χ4v) is 11.1. The fraction of sp³-hybridized carbons (Fsp3) is 0.0290. The molecule has 13 heteroatoms. The second kappa shape index (κ2) is 19.9. The Kier molecular flexibility index (Phi) is 12.1. The van der Waals surface area contributed by atoms with Gasteiger partial charge in [-0.05, 0) is 131 Å². The molecule has 0 spiro atoms. The molecule has 0 N–H and O–H groups in total. The van der Waals surface area contributed by atoms with E-state index in [1.165, 1.54) is 0 Å². The van der Waals surface area contributed by atoms with Crippen molar-refractivity contribution in [2.24, 2.45) is 0 Å². The summed E-state index contributed by atoms with van der Waals surface area (Å²) in [7, 11) is 0. The van der Waals surface area contributed by atoms with E-state index in [1.54, 1.807) is 84.9 Å². The average Bonchev–Trinajstić information content (AvgIpc) is 2.42. The number of hydrogen-bond donors (Lipinski definition) is 0. The quantitative estimate of drug-likeness (QED) is 0.143. The zero-order valence-corrected chi connectivity index (χ0v) is 43.4. The van der Waals surface area contributed by atoms with Gasteiger partial charge in [0.1, 0.15) is 0 Å². The summed E-state index contributed by atoms with van der Waals surface area (Å²) in [5.74, 6) is 0.323. The molecule has 0 aliphatic rings. The first-order valence-electron chi connectivity index (χ1n) is 25.3. The fourth-order valence-electron chi connectivity index (χ4n) is 11.1. The van der Waals surface area contributed by atoms with Crippen LogP contribution in [0.1, 0.15) is 39.2 Å². The third-order valence-corrected chi connectivity index (χ3v) is 14.7. The molecular weight excluding hydrogens is 1010 g/mol. The highest BCUT2D eigenvalue weighted by Gasteiger charge is 2.27. The van der Waals surface area contributed by atoms with Gasteiger partial charge in [0.05, 0.1) is 112 Å². The molecule has 12 aromatic rings. The molecular formula is C69H33N13. The molecule has 374 valence electrons. The Labute approximate surface area is 469 Å². The lowest BCUT2D eigenvalue weighted by Gasteiger charge is -2.21. The minimum Gasteiger partial charge on any atom is -0.308 e. The van der Waals surface area contributed by atoms with E-state index in [-0.39, 0.29) is 11.3 Å². The number of aryl methyl sites for hydroxylation is 2. The normalized spacial score (nSPS) is 10.7. The van der Waals surface area contributed by atoms with Gasteiger partial charge in [-0.2, -0.15) is 26.3 Å². The Balaban J connectivity index is 1.27. The van der Waals surface area contributed by atoms with Gasteiger partial charge in [0.2, 0.25) is 0 Å². The van der Waals surface area contributed by atoms with E-state index in [1.807, 2.05) is 92.7 Å². The molecule has 3 heterocycles. The highest BCUT2D eigenvalue weighted by atomic mass is 15.0. The maximum absolute atomic E-state index is 11.4. The van der Waals surface area contributed by atoms with Crippen molar-refractivity contribution in [2.45, 2.75) is 13.8 Å². The molecule has 0 saturated carbocycles. The van der Waals surface area contributed by atoms with Gasteiger partial charge in [-0.1, -0.05) is 91.0 Å². The number of nitrogens with zero attached hydrogens (tertiary/aromatic N) is 13. The Morgan fingerprint density at radius 3 is 1.20 bits per heavy atom. The van der Waals surface area contributed by atoms with Crippen molar-refractivity contribution < 1.29 is 0 Å². The smallest absolute Gasteiger partial charge is 0.196 e. The molecule has 9 aromatic carbocycles. The SMILES string of the molecule is [C-]#[N+]c1ccc(-c2ccc3c4ccc(-c5ccc(C#N)cc5C#N)cc4n(-c4cc(C#N)cc(-n5c6cc(-c7ccc(C#N)cc7[N+]#[C-])ccc6c6ccc(-c7ccc([N+]#[C-])cc7[N+]#[C-])cc65)c4-c4nc(C)cc(C)n4)c3c2)c(C#N)c1. The molecule has 0 fully saturated rings. The summed E-state index contributed by atoms with van der Waals surface area (Å²) in [6, 6.07) is 60.4. The second-order valence-corrected chi connectivity index (χ2v) is 19.4. The lowest BCUT2D eigenvalue weighted by molar-refractivity contribution is 1.04. The van der Waals surface area contributed by atoms with Crippen LogP contribution >= 0.6 is 0 Å². The van der Waals surface area contributed by atoms with E-state index in [9.17, 15) is 26.3 Å². The van der Waals surface area contributed by atoms with Crippen molar-refractivity contribution in [3.63, 3.8) is 0 Å². The zero-order chi connectivity index (χ0) is 56.9. The number of nitriles is 5. The van der Waals surface area contributed by atoms with Gasteiger partial charge in [0.15, 0.2) is 28.6 Å². The summed E-state index contributed by atoms with van der Waals surface area (Å²) < 4.78 is 4.11. The van der Waals surface area contributed by atoms with Crippen molar-refractivity contribution in [1.29, 1.82) is 26.3 Å². The van der Waals surface area contributed by atoms with E-state index in [0.717, 1.165) is 21.5 Å². The second-order valence-electron chi connectivity index (χ2n) is 19.4. The summed E-state index contributed by atoms with van der Waals surface area (Å²) >= 11 is 0. The minimum absolute atomic E-state index is 0.260. The molecule has 12 rings (SSSR count). The summed E-state index contributed by atoms with van der Waals surface area (Å²) in [6.07, 6.45) is 0. The Morgan fingerprint density at radius 2 is 0.756 bits per heavy atom. The van der Waals surface area contributed by atoms with Crippen LogP contribution in [0.25, 0.3) is 130 Å². The Morgan fingerprint density at radius 1 is 0.366 bits per heavy atom. The summed E-state index contributed by atoms with van der Waals surface area (Å²) in [5, 5.41) is 55.2. The minimum atomic E-state index is 0.260. The van der Waals surface area contributed by atoms with Gasteiger partial charge in [-0.25, -0.2) is 29.3 Å². The zero-order valence-electron chi connectivity index (χ0n) is 43.4. The highest BCUT2D eigenvalue weighted by Crippen LogP contribution is 2.46. The van der Waals surface area contributed by atoms with Crippen LogP contribution in [-0.4, -0.2) is 19.1 Å². The van der Waals surface area contributed by atoms with E-state index >= 15 is 0 Å². The molecule has 0 saturated heterocycles. The first-order valence-corrected chi connectivity index (χ1v) is 25.3. The Bertz CT molecular complexity index is 4680. The van der Waals surface area contributed by atoms with Gasteiger partial charge in [0.25, 0.3) is 0 Å². The number of hydrogen-bond acceptors (Lipinski definition) is 7. The standard InChI is InChI=1S/C69H33N13/c1-39-23-40(2)80-69(79-39)68-66(81-62-29-44(52-15-7-41(34-70)24-48(52)37-73)9-17-56(62)57-18-10-45(30-63(57)81)53-21-13-50(75-3)28-49(53)38-74)26-43(36-72)27-67(68)82-64-31-46(54-16-8-42(35-71)25-60(54)77-5)11-19-58(64)59-20-12-47(32-65(59)82)55-22-14-51(76-4)33-61(55)78-6/h7-33H,1-2H3. The molecule has 0 unspecified atom stereocenters. The van der Waals surface area contributed by atoms with Gasteiger partial charge >= 0.3 is 0 Å². The van der Waals surface area contributed by atoms with Crippen LogP contribution in [0.5, 0.6) is 0 Å². The number of fused-ring (bicyclic) bond motifs is 6. The van der Waals surface area contributed by atoms with Crippen LogP contribution in [0.2, 0.25) is 0 Å². The van der Waals surface area contributed by atoms with Gasteiger partial charge in [0, 0.05) is 44.1 Å². The lowest BCUT2D eigenvalue weighted by Crippen LogP contribution is -2.08. The lowest BCUT2D eigenvalue weighted by atomic mass is 9.96. The van der Waals surface area contributed by atoms with E-state index < -0.39 is 0 Å². The van der Waals surface area contributed by atoms with Crippen LogP contribution in [0.4, 0.5) is 22.7 Å². The molecule has 0 radical (unpaired) electrons. The summed E-state index contributed by atoms with van der Waals surface area (Å²) in [6.45, 7) is 35.5. The molecule has 0 aliphatic carbocycles. The molecule has 3 aromatic heterocycles. The summed E-state index contributed by atoms with van der Waals surface area (Å²) in [5.41, 5.74) is 13.4. The highest BCUT2D eigenvalue weighted by molar-refractivity contribution is 6.14. The maximum Gasteiger partial charge on any atom is 0.196 e. The van der Waals surface area contributed by atoms with Crippen LogP contribution < -0.4 is 0 Å². The first-order chi connectivity index (χ1) is 40.0. The van der Waals surface area contributed by atoms with Gasteiger partial charge in [-0.3, -0.25) is 0 Å². The molecule has 0 atom stereocenters. The average molecular weight is 1040 g/mol. The Hall–Kier alpha value is -12.9. The predicted octanol–water partition coefficient (Wildman–Crippen LogP) is 17.2. The summed E-state index contributed by atoms with van der Waals surface area (Å²) in [4.78, 5) is 25.2. The molecule has 0 bridgehead atoms. The third-order valence-electron chi connectivity index (χ3n) is 14.7. The number of benzene rings is 9.